The summed E-state index contributed by atoms with van der Waals surface area (Å²) in [7, 11) is 0. The Kier molecular flexibility index (Phi) is 3.44. The van der Waals surface area contributed by atoms with Gasteiger partial charge in [-0.1, -0.05) is 0 Å². The van der Waals surface area contributed by atoms with Gasteiger partial charge in [-0.2, -0.15) is 0 Å². The summed E-state index contributed by atoms with van der Waals surface area (Å²) in [4.78, 5) is 15.4. The third kappa shape index (κ3) is 2.41. The number of aromatic carboxylic acids is 1. The summed E-state index contributed by atoms with van der Waals surface area (Å²) in [6.45, 7) is 3.69. The molecule has 0 spiro atoms. The highest BCUT2D eigenvalue weighted by atomic mass is 16.5. The first-order valence-corrected chi connectivity index (χ1v) is 6.97. The number of fused-ring (bicyclic) bond motifs is 1. The molecule has 5 nitrogen and oxygen atoms in total. The van der Waals surface area contributed by atoms with Crippen LogP contribution in [0.3, 0.4) is 0 Å². The summed E-state index contributed by atoms with van der Waals surface area (Å²) in [5, 5.41) is 9.02. The van der Waals surface area contributed by atoms with Crippen molar-refractivity contribution in [3.63, 3.8) is 0 Å². The molecule has 5 heteroatoms. The van der Waals surface area contributed by atoms with Gasteiger partial charge in [0.2, 0.25) is 0 Å². The van der Waals surface area contributed by atoms with Gasteiger partial charge in [0.25, 0.3) is 0 Å². The maximum absolute atomic E-state index is 11.0. The Bertz CT molecular complexity index is 642. The first kappa shape index (κ1) is 13.1. The van der Waals surface area contributed by atoms with Crippen molar-refractivity contribution in [2.24, 2.45) is 0 Å². The summed E-state index contributed by atoms with van der Waals surface area (Å²) >= 11 is 0. The molecule has 1 fully saturated rings. The van der Waals surface area contributed by atoms with Crippen LogP contribution in [0.25, 0.3) is 11.0 Å². The SMILES string of the molecule is Cc1nc2cc(C(=O)O)ccc2n1CCC1CCCO1. The van der Waals surface area contributed by atoms with Crippen LogP contribution in [0.5, 0.6) is 0 Å². The van der Waals surface area contributed by atoms with Crippen molar-refractivity contribution in [1.29, 1.82) is 0 Å². The van der Waals surface area contributed by atoms with Crippen LogP contribution in [-0.2, 0) is 11.3 Å². The Morgan fingerprint density at radius 1 is 1.55 bits per heavy atom. The first-order valence-electron chi connectivity index (χ1n) is 6.97. The second-order valence-electron chi connectivity index (χ2n) is 5.24. The van der Waals surface area contributed by atoms with E-state index in [4.69, 9.17) is 9.84 Å². The predicted molar refractivity (Wildman–Crippen MR) is 75.0 cm³/mol. The van der Waals surface area contributed by atoms with Crippen molar-refractivity contribution in [3.05, 3.63) is 29.6 Å². The molecule has 106 valence electrons. The van der Waals surface area contributed by atoms with Crippen LogP contribution in [-0.4, -0.2) is 33.3 Å². The maximum atomic E-state index is 11.0. The molecule has 0 bridgehead atoms. The molecule has 2 heterocycles. The van der Waals surface area contributed by atoms with E-state index in [9.17, 15) is 4.79 Å². The van der Waals surface area contributed by atoms with E-state index in [-0.39, 0.29) is 5.56 Å². The van der Waals surface area contributed by atoms with Crippen molar-refractivity contribution < 1.29 is 14.6 Å². The van der Waals surface area contributed by atoms with Crippen molar-refractivity contribution in [3.8, 4) is 0 Å². The lowest BCUT2D eigenvalue weighted by Crippen LogP contribution is -2.10. The van der Waals surface area contributed by atoms with Gasteiger partial charge in [-0.25, -0.2) is 9.78 Å². The number of nitrogens with zero attached hydrogens (tertiary/aromatic N) is 2. The zero-order valence-corrected chi connectivity index (χ0v) is 11.5. The smallest absolute Gasteiger partial charge is 0.335 e. The van der Waals surface area contributed by atoms with Crippen LogP contribution in [0.4, 0.5) is 0 Å². The van der Waals surface area contributed by atoms with E-state index in [1.807, 2.05) is 13.0 Å². The second-order valence-corrected chi connectivity index (χ2v) is 5.24. The largest absolute Gasteiger partial charge is 0.478 e. The van der Waals surface area contributed by atoms with Gasteiger partial charge in [-0.15, -0.1) is 0 Å². The number of carbonyl (C=O) groups is 1. The first-order chi connectivity index (χ1) is 9.65. The highest BCUT2D eigenvalue weighted by molar-refractivity contribution is 5.92. The standard InChI is InChI=1S/C15H18N2O3/c1-10-16-13-9-11(15(18)19)4-5-14(13)17(10)7-6-12-3-2-8-20-12/h4-5,9,12H,2-3,6-8H2,1H3,(H,18,19). The van der Waals surface area contributed by atoms with E-state index >= 15 is 0 Å². The van der Waals surface area contributed by atoms with Crippen molar-refractivity contribution in [1.82, 2.24) is 9.55 Å². The second kappa shape index (κ2) is 5.25. The van der Waals surface area contributed by atoms with Gasteiger partial charge in [0.1, 0.15) is 5.82 Å². The number of benzene rings is 1. The molecular weight excluding hydrogens is 256 g/mol. The van der Waals surface area contributed by atoms with Crippen LogP contribution < -0.4 is 0 Å². The highest BCUT2D eigenvalue weighted by Gasteiger charge is 2.17. The molecule has 20 heavy (non-hydrogen) atoms. The number of aromatic nitrogens is 2. The lowest BCUT2D eigenvalue weighted by atomic mass is 10.1. The molecule has 1 unspecified atom stereocenters. The van der Waals surface area contributed by atoms with Gasteiger partial charge < -0.3 is 14.4 Å². The van der Waals surface area contributed by atoms with Gasteiger partial charge in [0.15, 0.2) is 0 Å². The minimum atomic E-state index is -0.918. The molecule has 3 rings (SSSR count). The van der Waals surface area contributed by atoms with E-state index in [2.05, 4.69) is 9.55 Å². The number of hydrogen-bond acceptors (Lipinski definition) is 3. The quantitative estimate of drug-likeness (QED) is 0.930. The van der Waals surface area contributed by atoms with Crippen molar-refractivity contribution in [2.45, 2.75) is 38.8 Å². The summed E-state index contributed by atoms with van der Waals surface area (Å²) < 4.78 is 7.78. The number of carboxylic acids is 1. The van der Waals surface area contributed by atoms with Gasteiger partial charge in [-0.05, 0) is 44.4 Å². The topological polar surface area (TPSA) is 64.3 Å². The molecule has 1 aliphatic rings. The van der Waals surface area contributed by atoms with Crippen LogP contribution in [0, 0.1) is 6.92 Å². The normalized spacial score (nSPS) is 18.8. The summed E-state index contributed by atoms with van der Waals surface area (Å²) in [6, 6.07) is 5.11. The predicted octanol–water partition coefficient (Wildman–Crippen LogP) is 2.61. The Morgan fingerprint density at radius 2 is 2.40 bits per heavy atom. The lowest BCUT2D eigenvalue weighted by molar-refractivity contribution is 0.0697. The Morgan fingerprint density at radius 3 is 3.10 bits per heavy atom. The molecule has 0 radical (unpaired) electrons. The number of hydrogen-bond donors (Lipinski definition) is 1. The average molecular weight is 274 g/mol. The number of imidazole rings is 1. The van der Waals surface area contributed by atoms with E-state index in [0.717, 1.165) is 49.3 Å². The number of aryl methyl sites for hydroxylation is 2. The molecule has 1 atom stereocenters. The fourth-order valence-electron chi connectivity index (χ4n) is 2.81. The van der Waals surface area contributed by atoms with Crippen LogP contribution in [0.1, 0.15) is 35.4 Å². The van der Waals surface area contributed by atoms with E-state index in [1.165, 1.54) is 0 Å². The molecule has 1 aliphatic heterocycles. The Labute approximate surface area is 117 Å². The summed E-state index contributed by atoms with van der Waals surface area (Å²) in [5.41, 5.74) is 2.02. The van der Waals surface area contributed by atoms with Crippen LogP contribution in [0.15, 0.2) is 18.2 Å². The van der Waals surface area contributed by atoms with Crippen LogP contribution in [0.2, 0.25) is 0 Å². The molecule has 0 aliphatic carbocycles. The minimum absolute atomic E-state index is 0.279. The molecule has 2 aromatic rings. The zero-order valence-electron chi connectivity index (χ0n) is 11.5. The monoisotopic (exact) mass is 274 g/mol. The molecule has 1 aromatic carbocycles. The fourth-order valence-corrected chi connectivity index (χ4v) is 2.81. The maximum Gasteiger partial charge on any atom is 0.335 e. The lowest BCUT2D eigenvalue weighted by Gasteiger charge is -2.11. The summed E-state index contributed by atoms with van der Waals surface area (Å²) in [6.07, 6.45) is 3.61. The molecule has 1 aromatic heterocycles. The number of rotatable bonds is 4. The van der Waals surface area contributed by atoms with E-state index in [0.29, 0.717) is 6.10 Å². The minimum Gasteiger partial charge on any atom is -0.478 e. The molecule has 1 saturated heterocycles. The molecule has 0 saturated carbocycles. The number of ether oxygens (including phenoxy) is 1. The van der Waals surface area contributed by atoms with Gasteiger partial charge in [0.05, 0.1) is 22.7 Å². The Balaban J connectivity index is 1.86. The van der Waals surface area contributed by atoms with E-state index < -0.39 is 5.97 Å². The summed E-state index contributed by atoms with van der Waals surface area (Å²) in [5.74, 6) is -0.000931. The molecular formula is C15H18N2O3. The van der Waals surface area contributed by atoms with Gasteiger partial charge in [-0.3, -0.25) is 0 Å². The third-order valence-electron chi connectivity index (χ3n) is 3.88. The van der Waals surface area contributed by atoms with Crippen molar-refractivity contribution in [2.75, 3.05) is 6.61 Å². The molecule has 0 amide bonds. The average Bonchev–Trinajstić information content (AvgIpc) is 3.02. The zero-order chi connectivity index (χ0) is 14.1. The highest BCUT2D eigenvalue weighted by Crippen LogP contribution is 2.21. The fraction of sp³-hybridized carbons (Fsp3) is 0.467. The Hall–Kier alpha value is -1.88. The van der Waals surface area contributed by atoms with Crippen molar-refractivity contribution >= 4 is 17.0 Å². The van der Waals surface area contributed by atoms with Crippen LogP contribution >= 0.6 is 0 Å². The van der Waals surface area contributed by atoms with E-state index in [1.54, 1.807) is 12.1 Å². The molecule has 1 N–H and O–H groups in total. The third-order valence-corrected chi connectivity index (χ3v) is 3.88. The van der Waals surface area contributed by atoms with Gasteiger partial charge in [0, 0.05) is 13.2 Å². The number of carboxylic acid groups (broad SMARTS) is 1. The van der Waals surface area contributed by atoms with Gasteiger partial charge >= 0.3 is 5.97 Å².